The molecule has 0 aliphatic rings. The normalized spacial score (nSPS) is 10.3. The second kappa shape index (κ2) is 16.4. The van der Waals surface area contributed by atoms with E-state index in [1.807, 2.05) is 36.4 Å². The first-order chi connectivity index (χ1) is 18.7. The molecule has 3 aromatic carbocycles. The van der Waals surface area contributed by atoms with Gasteiger partial charge in [-0.25, -0.2) is 0 Å². The molecule has 0 aliphatic heterocycles. The lowest BCUT2D eigenvalue weighted by atomic mass is 9.86. The number of ether oxygens (including phenoxy) is 6. The smallest absolute Gasteiger partial charge is 0.122 e. The minimum atomic E-state index is 0.138. The molecule has 0 amide bonds. The van der Waals surface area contributed by atoms with Crippen LogP contribution >= 0.6 is 0 Å². The summed E-state index contributed by atoms with van der Waals surface area (Å²) in [7, 11) is 0. The van der Waals surface area contributed by atoms with E-state index in [2.05, 4.69) is 56.1 Å². The third-order valence-electron chi connectivity index (χ3n) is 5.69. The zero-order chi connectivity index (χ0) is 26.8. The summed E-state index contributed by atoms with van der Waals surface area (Å²) in [6.45, 7) is 13.4. The maximum atomic E-state index is 5.76. The Balaban J connectivity index is 1.72. The summed E-state index contributed by atoms with van der Waals surface area (Å²) in [5.41, 5.74) is 3.58. The van der Waals surface area contributed by atoms with Crippen LogP contribution in [0.3, 0.4) is 0 Å². The lowest BCUT2D eigenvalue weighted by Gasteiger charge is -2.20. The highest BCUT2D eigenvalue weighted by molar-refractivity contribution is 5.40. The lowest BCUT2D eigenvalue weighted by Crippen LogP contribution is -2.07. The highest BCUT2D eigenvalue weighted by Gasteiger charge is 2.16. The molecule has 0 saturated heterocycles. The fourth-order valence-electron chi connectivity index (χ4n) is 3.85. The van der Waals surface area contributed by atoms with Gasteiger partial charge in [0.15, 0.2) is 0 Å². The Morgan fingerprint density at radius 1 is 0.474 bits per heavy atom. The van der Waals surface area contributed by atoms with Gasteiger partial charge in [-0.3, -0.25) is 0 Å². The average molecular weight is 517 g/mol. The van der Waals surface area contributed by atoms with Crippen LogP contribution in [0.4, 0.5) is 0 Å². The Kier molecular flexibility index (Phi) is 12.2. The van der Waals surface area contributed by atoms with E-state index in [9.17, 15) is 0 Å². The van der Waals surface area contributed by atoms with Gasteiger partial charge in [0.25, 0.3) is 0 Å². The van der Waals surface area contributed by atoms with E-state index in [0.29, 0.717) is 39.6 Å². The van der Waals surface area contributed by atoms with Gasteiger partial charge in [-0.05, 0) is 59.5 Å². The van der Waals surface area contributed by atoms with Crippen LogP contribution in [-0.2, 0) is 20.6 Å². The second-order valence-corrected chi connectivity index (χ2v) is 8.20. The molecule has 0 unspecified atom stereocenters. The van der Waals surface area contributed by atoms with Crippen molar-refractivity contribution in [3.63, 3.8) is 0 Å². The van der Waals surface area contributed by atoms with Crippen molar-refractivity contribution in [2.75, 3.05) is 39.6 Å². The van der Waals surface area contributed by atoms with Gasteiger partial charge in [-0.1, -0.05) is 56.1 Å². The van der Waals surface area contributed by atoms with Gasteiger partial charge < -0.3 is 28.4 Å². The largest absolute Gasteiger partial charge is 0.498 e. The topological polar surface area (TPSA) is 55.4 Å². The van der Waals surface area contributed by atoms with Crippen molar-refractivity contribution in [1.82, 2.24) is 0 Å². The standard InChI is InChI=1S/C32H36O6/c1-4-33-19-22-36-29-13-7-26(8-14-29)25-32(27-9-15-30(16-10-27)37-23-20-34-5-2)28-11-17-31(18-12-28)38-24-21-35-6-3/h4-18,32H,1-3,19-25H2. The first-order valence-corrected chi connectivity index (χ1v) is 12.6. The monoisotopic (exact) mass is 516 g/mol. The molecule has 0 radical (unpaired) electrons. The minimum absolute atomic E-state index is 0.138. The van der Waals surface area contributed by atoms with Crippen molar-refractivity contribution in [3.8, 4) is 17.2 Å². The molecule has 0 saturated carbocycles. The van der Waals surface area contributed by atoms with Crippen LogP contribution in [0, 0.1) is 0 Å². The molecule has 38 heavy (non-hydrogen) atoms. The zero-order valence-electron chi connectivity index (χ0n) is 21.8. The van der Waals surface area contributed by atoms with E-state index < -0.39 is 0 Å². The summed E-state index contributed by atoms with van der Waals surface area (Å²) in [6, 6.07) is 24.6. The fraction of sp³-hybridized carbons (Fsp3) is 0.250. The second-order valence-electron chi connectivity index (χ2n) is 8.20. The Bertz CT molecular complexity index is 1030. The first-order valence-electron chi connectivity index (χ1n) is 12.6. The molecule has 0 N–H and O–H groups in total. The van der Waals surface area contributed by atoms with E-state index >= 15 is 0 Å². The molecule has 0 bridgehead atoms. The Hall–Kier alpha value is -4.32. The van der Waals surface area contributed by atoms with Crippen LogP contribution in [0.5, 0.6) is 17.2 Å². The molecule has 6 heteroatoms. The van der Waals surface area contributed by atoms with Gasteiger partial charge in [-0.15, -0.1) is 0 Å². The summed E-state index contributed by atoms with van der Waals surface area (Å²) < 4.78 is 32.6. The summed E-state index contributed by atoms with van der Waals surface area (Å²) in [6.07, 6.45) is 5.07. The van der Waals surface area contributed by atoms with Crippen molar-refractivity contribution in [2.45, 2.75) is 12.3 Å². The van der Waals surface area contributed by atoms with E-state index in [0.717, 1.165) is 23.7 Å². The van der Waals surface area contributed by atoms with Crippen LogP contribution in [0.2, 0.25) is 0 Å². The molecule has 3 aromatic rings. The Labute approximate surface area is 225 Å². The maximum absolute atomic E-state index is 5.76. The molecule has 0 spiro atoms. The van der Waals surface area contributed by atoms with E-state index in [1.54, 1.807) is 0 Å². The molecular formula is C32H36O6. The predicted octanol–water partition coefficient (Wildman–Crippen LogP) is 6.68. The highest BCUT2D eigenvalue weighted by atomic mass is 16.5. The van der Waals surface area contributed by atoms with Crippen molar-refractivity contribution < 1.29 is 28.4 Å². The van der Waals surface area contributed by atoms with E-state index in [1.165, 1.54) is 35.5 Å². The Morgan fingerprint density at radius 2 is 0.816 bits per heavy atom. The lowest BCUT2D eigenvalue weighted by molar-refractivity contribution is 0.179. The quantitative estimate of drug-likeness (QED) is 0.131. The third-order valence-corrected chi connectivity index (χ3v) is 5.69. The van der Waals surface area contributed by atoms with Crippen molar-refractivity contribution in [2.24, 2.45) is 0 Å². The molecule has 6 nitrogen and oxygen atoms in total. The highest BCUT2D eigenvalue weighted by Crippen LogP contribution is 2.31. The van der Waals surface area contributed by atoms with Gasteiger partial charge in [0.1, 0.15) is 56.9 Å². The van der Waals surface area contributed by atoms with Gasteiger partial charge in [0.2, 0.25) is 0 Å². The molecule has 0 aromatic heterocycles. The van der Waals surface area contributed by atoms with Crippen LogP contribution in [0.15, 0.2) is 111 Å². The van der Waals surface area contributed by atoms with Gasteiger partial charge in [-0.2, -0.15) is 0 Å². The third kappa shape index (κ3) is 9.62. The SMILES string of the molecule is C=COCCOc1ccc(CC(c2ccc(OCCOC=C)cc2)c2ccc(OCCOC=C)cc2)cc1. The Morgan fingerprint density at radius 3 is 1.16 bits per heavy atom. The molecular weight excluding hydrogens is 480 g/mol. The summed E-state index contributed by atoms with van der Waals surface area (Å²) in [5, 5.41) is 0. The molecule has 200 valence electrons. The number of hydrogen-bond acceptors (Lipinski definition) is 6. The van der Waals surface area contributed by atoms with Crippen molar-refractivity contribution in [3.05, 3.63) is 128 Å². The minimum Gasteiger partial charge on any atom is -0.498 e. The molecule has 0 atom stereocenters. The molecule has 3 rings (SSSR count). The number of hydrogen-bond donors (Lipinski definition) is 0. The number of rotatable bonds is 19. The van der Waals surface area contributed by atoms with Crippen LogP contribution in [-0.4, -0.2) is 39.6 Å². The van der Waals surface area contributed by atoms with Crippen molar-refractivity contribution >= 4 is 0 Å². The first kappa shape index (κ1) is 28.3. The van der Waals surface area contributed by atoms with Gasteiger partial charge in [0, 0.05) is 5.92 Å². The molecule has 0 aliphatic carbocycles. The predicted molar refractivity (Wildman–Crippen MR) is 150 cm³/mol. The average Bonchev–Trinajstić information content (AvgIpc) is 2.96. The van der Waals surface area contributed by atoms with Gasteiger partial charge in [0.05, 0.1) is 18.8 Å². The maximum Gasteiger partial charge on any atom is 0.122 e. The summed E-state index contributed by atoms with van der Waals surface area (Å²) >= 11 is 0. The molecule has 0 fully saturated rings. The van der Waals surface area contributed by atoms with Gasteiger partial charge >= 0.3 is 0 Å². The van der Waals surface area contributed by atoms with Crippen molar-refractivity contribution in [1.29, 1.82) is 0 Å². The molecule has 0 heterocycles. The van der Waals surface area contributed by atoms with E-state index in [4.69, 9.17) is 28.4 Å². The number of benzene rings is 3. The van der Waals surface area contributed by atoms with Crippen LogP contribution in [0.25, 0.3) is 0 Å². The van der Waals surface area contributed by atoms with Crippen LogP contribution in [0.1, 0.15) is 22.6 Å². The van der Waals surface area contributed by atoms with Crippen LogP contribution < -0.4 is 14.2 Å². The summed E-state index contributed by atoms with van der Waals surface area (Å²) in [4.78, 5) is 0. The van der Waals surface area contributed by atoms with E-state index in [-0.39, 0.29) is 5.92 Å². The zero-order valence-corrected chi connectivity index (χ0v) is 21.8. The fourth-order valence-corrected chi connectivity index (χ4v) is 3.85. The summed E-state index contributed by atoms with van der Waals surface area (Å²) in [5.74, 6) is 2.54.